The number of hydrogen-bond donors (Lipinski definition) is 1. The number of hydrogen-bond acceptors (Lipinski definition) is 6. The molecule has 1 saturated carbocycles. The van der Waals surface area contributed by atoms with Gasteiger partial charge in [0.15, 0.2) is 0 Å². The zero-order valence-electron chi connectivity index (χ0n) is 16.6. The largest absolute Gasteiger partial charge is 0.415 e. The molecule has 2 atom stereocenters. The Bertz CT molecular complexity index is 948. The summed E-state index contributed by atoms with van der Waals surface area (Å²) >= 11 is 0. The van der Waals surface area contributed by atoms with Crippen LogP contribution in [-0.2, 0) is 11.3 Å². The second kappa shape index (κ2) is 8.45. The van der Waals surface area contributed by atoms with Gasteiger partial charge in [-0.2, -0.15) is 8.78 Å². The first kappa shape index (κ1) is 20.4. The minimum absolute atomic E-state index is 0.00481. The maximum atomic E-state index is 13.1. The van der Waals surface area contributed by atoms with E-state index in [4.69, 9.17) is 4.42 Å². The zero-order valence-corrected chi connectivity index (χ0v) is 16.6. The first-order valence-electron chi connectivity index (χ1n) is 10.2. The number of carbonyl (C=O) groups is 2. The van der Waals surface area contributed by atoms with E-state index in [1.807, 2.05) is 6.92 Å². The Morgan fingerprint density at radius 2 is 2.13 bits per heavy atom. The van der Waals surface area contributed by atoms with Crippen molar-refractivity contribution in [2.75, 3.05) is 0 Å². The molecule has 1 fully saturated rings. The monoisotopic (exact) mass is 419 g/mol. The lowest BCUT2D eigenvalue weighted by Crippen LogP contribution is -2.53. The molecule has 2 aromatic heterocycles. The van der Waals surface area contributed by atoms with Gasteiger partial charge in [0.25, 0.3) is 11.8 Å². The molecular weight excluding hydrogens is 396 g/mol. The van der Waals surface area contributed by atoms with E-state index in [0.717, 1.165) is 32.1 Å². The average Bonchev–Trinajstić information content (AvgIpc) is 3.34. The standard InChI is InChI=1S/C20H23F2N5O3/c1-2-5-16(28)24-13-6-3-4-7-15(13)27-10-14-12(20(27)29)8-11(9-23-14)18-25-26-19(30-18)17(21)22/h8-9,13,15,17H,2-7,10H2,1H3,(H,24,28)/t13-,15-/m1/s1. The van der Waals surface area contributed by atoms with Crippen molar-refractivity contribution in [3.05, 3.63) is 29.4 Å². The molecule has 0 unspecified atom stereocenters. The minimum atomic E-state index is -2.86. The number of carbonyl (C=O) groups excluding carboxylic acids is 2. The molecule has 10 heteroatoms. The first-order chi connectivity index (χ1) is 14.5. The fourth-order valence-electron chi connectivity index (χ4n) is 4.18. The van der Waals surface area contributed by atoms with Crippen LogP contribution in [-0.4, -0.2) is 44.0 Å². The normalized spacial score (nSPS) is 21.2. The van der Waals surface area contributed by atoms with Crippen molar-refractivity contribution in [1.29, 1.82) is 0 Å². The molecule has 4 rings (SSSR count). The highest BCUT2D eigenvalue weighted by atomic mass is 19.3. The summed E-state index contributed by atoms with van der Waals surface area (Å²) in [6, 6.07) is 1.37. The summed E-state index contributed by atoms with van der Waals surface area (Å²) in [7, 11) is 0. The Morgan fingerprint density at radius 3 is 2.87 bits per heavy atom. The molecule has 0 radical (unpaired) electrons. The minimum Gasteiger partial charge on any atom is -0.415 e. The Hall–Kier alpha value is -2.91. The van der Waals surface area contributed by atoms with Crippen molar-refractivity contribution in [3.8, 4) is 11.5 Å². The van der Waals surface area contributed by atoms with Crippen LogP contribution in [0.2, 0.25) is 0 Å². The van der Waals surface area contributed by atoms with Crippen LogP contribution >= 0.6 is 0 Å². The summed E-state index contributed by atoms with van der Waals surface area (Å²) in [5.41, 5.74) is 1.33. The number of nitrogens with one attached hydrogen (secondary N) is 1. The molecule has 1 aliphatic carbocycles. The van der Waals surface area contributed by atoms with E-state index in [0.29, 0.717) is 29.8 Å². The van der Waals surface area contributed by atoms with E-state index in [2.05, 4.69) is 20.5 Å². The van der Waals surface area contributed by atoms with Gasteiger partial charge in [-0.15, -0.1) is 10.2 Å². The van der Waals surface area contributed by atoms with Crippen LogP contribution in [0.4, 0.5) is 8.78 Å². The molecule has 2 amide bonds. The third kappa shape index (κ3) is 3.90. The van der Waals surface area contributed by atoms with Gasteiger partial charge < -0.3 is 14.6 Å². The molecule has 3 heterocycles. The topological polar surface area (TPSA) is 101 Å². The zero-order chi connectivity index (χ0) is 21.3. The van der Waals surface area contributed by atoms with Gasteiger partial charge in [-0.25, -0.2) is 0 Å². The lowest BCUT2D eigenvalue weighted by atomic mass is 9.89. The molecule has 2 aliphatic rings. The van der Waals surface area contributed by atoms with Gasteiger partial charge in [0.05, 0.1) is 29.4 Å². The Kier molecular flexibility index (Phi) is 5.74. The number of aromatic nitrogens is 3. The lowest BCUT2D eigenvalue weighted by Gasteiger charge is -2.38. The van der Waals surface area contributed by atoms with Gasteiger partial charge >= 0.3 is 6.43 Å². The summed E-state index contributed by atoms with van der Waals surface area (Å²) in [5, 5.41) is 10.0. The Balaban J connectivity index is 1.54. The average molecular weight is 419 g/mol. The van der Waals surface area contributed by atoms with Crippen molar-refractivity contribution in [2.24, 2.45) is 0 Å². The predicted molar refractivity (Wildman–Crippen MR) is 101 cm³/mol. The second-order valence-corrected chi connectivity index (χ2v) is 7.67. The summed E-state index contributed by atoms with van der Waals surface area (Å²) in [5.74, 6) is -1.06. The van der Waals surface area contributed by atoms with Gasteiger partial charge in [0, 0.05) is 18.7 Å². The molecule has 8 nitrogen and oxygen atoms in total. The van der Waals surface area contributed by atoms with Crippen LogP contribution in [0, 0.1) is 0 Å². The lowest BCUT2D eigenvalue weighted by molar-refractivity contribution is -0.122. The van der Waals surface area contributed by atoms with Crippen LogP contribution < -0.4 is 5.32 Å². The Labute approximate surface area is 172 Å². The molecule has 0 aromatic carbocycles. The highest BCUT2D eigenvalue weighted by Crippen LogP contribution is 2.32. The molecule has 30 heavy (non-hydrogen) atoms. The van der Waals surface area contributed by atoms with Gasteiger partial charge in [0.2, 0.25) is 11.8 Å². The van der Waals surface area contributed by atoms with E-state index in [9.17, 15) is 18.4 Å². The molecule has 0 spiro atoms. The van der Waals surface area contributed by atoms with E-state index in [-0.39, 0.29) is 29.8 Å². The summed E-state index contributed by atoms with van der Waals surface area (Å²) in [6.07, 6.45) is 3.45. The van der Waals surface area contributed by atoms with Gasteiger partial charge in [-0.1, -0.05) is 19.8 Å². The van der Waals surface area contributed by atoms with Crippen LogP contribution in [0.5, 0.6) is 0 Å². The third-order valence-electron chi connectivity index (χ3n) is 5.61. The molecule has 1 N–H and O–H groups in total. The molecule has 0 bridgehead atoms. The SMILES string of the molecule is CCCC(=O)N[C@@H]1CCCC[C@H]1N1Cc2ncc(-c3nnc(C(F)F)o3)cc2C1=O. The van der Waals surface area contributed by atoms with Gasteiger partial charge in [-0.3, -0.25) is 14.6 Å². The number of halogens is 2. The quantitative estimate of drug-likeness (QED) is 0.771. The highest BCUT2D eigenvalue weighted by Gasteiger charge is 2.39. The smallest absolute Gasteiger partial charge is 0.314 e. The maximum absolute atomic E-state index is 13.1. The van der Waals surface area contributed by atoms with Crippen LogP contribution in [0.3, 0.4) is 0 Å². The first-order valence-corrected chi connectivity index (χ1v) is 10.2. The van der Waals surface area contributed by atoms with Crippen molar-refractivity contribution >= 4 is 11.8 Å². The Morgan fingerprint density at radius 1 is 1.33 bits per heavy atom. The highest BCUT2D eigenvalue weighted by molar-refractivity contribution is 5.99. The molecule has 1 aliphatic heterocycles. The van der Waals surface area contributed by atoms with Crippen molar-refractivity contribution in [3.63, 3.8) is 0 Å². The fraction of sp³-hybridized carbons (Fsp3) is 0.550. The molecule has 0 saturated heterocycles. The second-order valence-electron chi connectivity index (χ2n) is 7.67. The number of fused-ring (bicyclic) bond motifs is 1. The summed E-state index contributed by atoms with van der Waals surface area (Å²) < 4.78 is 30.4. The van der Waals surface area contributed by atoms with E-state index < -0.39 is 12.3 Å². The number of amides is 2. The van der Waals surface area contributed by atoms with Crippen LogP contribution in [0.25, 0.3) is 11.5 Å². The number of alkyl halides is 2. The van der Waals surface area contributed by atoms with Crippen LogP contribution in [0.15, 0.2) is 16.7 Å². The summed E-state index contributed by atoms with van der Waals surface area (Å²) in [4.78, 5) is 31.4. The van der Waals surface area contributed by atoms with Gasteiger partial charge in [-0.05, 0) is 25.3 Å². The van der Waals surface area contributed by atoms with E-state index in [1.165, 1.54) is 6.20 Å². The van der Waals surface area contributed by atoms with E-state index in [1.54, 1.807) is 11.0 Å². The van der Waals surface area contributed by atoms with Crippen molar-refractivity contribution in [2.45, 2.75) is 70.5 Å². The fourth-order valence-corrected chi connectivity index (χ4v) is 4.18. The van der Waals surface area contributed by atoms with Crippen LogP contribution in [0.1, 0.15) is 73.8 Å². The number of nitrogens with zero attached hydrogens (tertiary/aromatic N) is 4. The van der Waals surface area contributed by atoms with Gasteiger partial charge in [0.1, 0.15) is 0 Å². The van der Waals surface area contributed by atoms with Crippen molar-refractivity contribution < 1.29 is 22.8 Å². The molecule has 160 valence electrons. The number of rotatable bonds is 6. The van der Waals surface area contributed by atoms with Crippen molar-refractivity contribution in [1.82, 2.24) is 25.4 Å². The third-order valence-corrected chi connectivity index (χ3v) is 5.61. The number of pyridine rings is 1. The predicted octanol–water partition coefficient (Wildman–Crippen LogP) is 3.25. The summed E-state index contributed by atoms with van der Waals surface area (Å²) in [6.45, 7) is 2.31. The van der Waals surface area contributed by atoms with E-state index >= 15 is 0 Å². The maximum Gasteiger partial charge on any atom is 0.314 e. The molecule has 2 aromatic rings. The molecular formula is C20H23F2N5O3.